The number of benzene rings is 1. The predicted octanol–water partition coefficient (Wildman–Crippen LogP) is 2.21. The summed E-state index contributed by atoms with van der Waals surface area (Å²) in [7, 11) is 0. The Bertz CT molecular complexity index is 940. The monoisotopic (exact) mass is 384 g/mol. The van der Waals surface area contributed by atoms with Crippen LogP contribution < -0.4 is 5.32 Å². The summed E-state index contributed by atoms with van der Waals surface area (Å²) in [5.41, 5.74) is -1.39. The minimum atomic E-state index is -1.03. The number of aromatic nitrogens is 2. The molecule has 0 aliphatic carbocycles. The Kier molecular flexibility index (Phi) is 5.11. The number of nitro benzene ring substituents is 1. The molecule has 0 saturated heterocycles. The van der Waals surface area contributed by atoms with Gasteiger partial charge in [0.15, 0.2) is 0 Å². The highest BCUT2D eigenvalue weighted by atomic mass is 35.5. The highest BCUT2D eigenvalue weighted by molar-refractivity contribution is 6.33. The number of carbonyl (C=O) groups excluding carboxylic acids is 1. The van der Waals surface area contributed by atoms with Gasteiger partial charge in [0.1, 0.15) is 12.2 Å². The van der Waals surface area contributed by atoms with Gasteiger partial charge in [-0.1, -0.05) is 11.6 Å². The van der Waals surface area contributed by atoms with Crippen LogP contribution in [0.15, 0.2) is 18.2 Å². The maximum absolute atomic E-state index is 12.1. The maximum atomic E-state index is 12.1. The van der Waals surface area contributed by atoms with E-state index in [1.54, 1.807) is 0 Å². The third kappa shape index (κ3) is 3.72. The summed E-state index contributed by atoms with van der Waals surface area (Å²) in [4.78, 5) is 42.0. The van der Waals surface area contributed by atoms with E-state index in [2.05, 4.69) is 10.4 Å². The van der Waals surface area contributed by atoms with Crippen LogP contribution in [0, 0.1) is 37.3 Å². The molecule has 0 fully saturated rings. The largest absolute Gasteiger partial charge is 0.468 e. The van der Waals surface area contributed by atoms with E-state index in [1.165, 1.54) is 13.0 Å². The van der Waals surface area contributed by atoms with E-state index >= 15 is 0 Å². The van der Waals surface area contributed by atoms with Crippen LogP contribution in [0.4, 0.5) is 22.9 Å². The Morgan fingerprint density at radius 1 is 1.19 bits per heavy atom. The fraction of sp³-hybridized carbons (Fsp3) is 0.167. The smallest absolute Gasteiger partial charge is 0.358 e. The van der Waals surface area contributed by atoms with Crippen molar-refractivity contribution in [2.24, 2.45) is 0 Å². The van der Waals surface area contributed by atoms with Gasteiger partial charge < -0.3 is 15.4 Å². The molecule has 2 aromatic rings. The SMILES string of the molecule is Cc1c([N+](=O)[O-])c([N+](=O)[O-])nn1CC(=O)Nc1cc([N+](=O)[O-])ccc1Cl. The van der Waals surface area contributed by atoms with E-state index in [-0.39, 0.29) is 22.1 Å². The van der Waals surface area contributed by atoms with Gasteiger partial charge in [-0.05, 0) is 17.9 Å². The molecule has 0 aliphatic heterocycles. The number of nitrogens with zero attached hydrogens (tertiary/aromatic N) is 5. The van der Waals surface area contributed by atoms with Crippen LogP contribution in [0.5, 0.6) is 0 Å². The summed E-state index contributed by atoms with van der Waals surface area (Å²) >= 11 is 5.85. The zero-order valence-electron chi connectivity index (χ0n) is 12.9. The molecule has 0 unspecified atom stereocenters. The molecule has 0 atom stereocenters. The van der Waals surface area contributed by atoms with Gasteiger partial charge in [-0.2, -0.15) is 4.68 Å². The van der Waals surface area contributed by atoms with Crippen LogP contribution in [-0.2, 0) is 11.3 Å². The first kappa shape index (κ1) is 18.7. The van der Waals surface area contributed by atoms with E-state index < -0.39 is 38.7 Å². The van der Waals surface area contributed by atoms with E-state index in [1.807, 2.05) is 0 Å². The van der Waals surface area contributed by atoms with Crippen LogP contribution in [0.2, 0.25) is 5.02 Å². The van der Waals surface area contributed by atoms with Gasteiger partial charge >= 0.3 is 11.5 Å². The number of nitrogens with one attached hydrogen (secondary N) is 1. The molecular weight excluding hydrogens is 376 g/mol. The van der Waals surface area contributed by atoms with E-state index in [4.69, 9.17) is 11.6 Å². The molecule has 0 radical (unpaired) electrons. The Morgan fingerprint density at radius 3 is 2.35 bits per heavy atom. The van der Waals surface area contributed by atoms with Crippen LogP contribution in [-0.4, -0.2) is 30.5 Å². The lowest BCUT2D eigenvalue weighted by atomic mass is 10.2. The quantitative estimate of drug-likeness (QED) is 0.581. The number of hydrogen-bond acceptors (Lipinski definition) is 8. The molecule has 1 amide bonds. The third-order valence-corrected chi connectivity index (χ3v) is 3.57. The van der Waals surface area contributed by atoms with Crippen molar-refractivity contribution in [3.05, 3.63) is 59.3 Å². The van der Waals surface area contributed by atoms with Gasteiger partial charge in [-0.15, -0.1) is 0 Å². The zero-order valence-corrected chi connectivity index (χ0v) is 13.7. The summed E-state index contributed by atoms with van der Waals surface area (Å²) in [6.45, 7) is 0.602. The number of nitro groups is 3. The summed E-state index contributed by atoms with van der Waals surface area (Å²) in [5, 5.41) is 38.3. The number of rotatable bonds is 6. The molecule has 1 N–H and O–H groups in total. The van der Waals surface area contributed by atoms with E-state index in [9.17, 15) is 35.1 Å². The number of amides is 1. The second-order valence-electron chi connectivity index (χ2n) is 4.90. The van der Waals surface area contributed by atoms with Crippen molar-refractivity contribution < 1.29 is 19.6 Å². The Hall–Kier alpha value is -3.61. The minimum Gasteiger partial charge on any atom is -0.358 e. The van der Waals surface area contributed by atoms with Crippen LogP contribution in [0.1, 0.15) is 5.69 Å². The normalized spacial score (nSPS) is 10.4. The van der Waals surface area contributed by atoms with Crippen LogP contribution in [0.3, 0.4) is 0 Å². The van der Waals surface area contributed by atoms with Crippen LogP contribution in [0.25, 0.3) is 0 Å². The lowest BCUT2D eigenvalue weighted by molar-refractivity contribution is -0.424. The van der Waals surface area contributed by atoms with Crippen molar-refractivity contribution in [1.82, 2.24) is 9.78 Å². The zero-order chi connectivity index (χ0) is 19.6. The van der Waals surface area contributed by atoms with Gasteiger partial charge in [-0.3, -0.25) is 25.0 Å². The number of anilines is 1. The molecule has 136 valence electrons. The molecule has 0 saturated carbocycles. The second kappa shape index (κ2) is 7.10. The molecule has 0 bridgehead atoms. The first-order valence-corrected chi connectivity index (χ1v) is 7.09. The van der Waals surface area contributed by atoms with Gasteiger partial charge in [-0.25, -0.2) is 0 Å². The average molecular weight is 385 g/mol. The average Bonchev–Trinajstić information content (AvgIpc) is 2.86. The minimum absolute atomic E-state index is 0.0260. The summed E-state index contributed by atoms with van der Waals surface area (Å²) < 4.78 is 0.789. The highest BCUT2D eigenvalue weighted by Crippen LogP contribution is 2.30. The molecule has 1 aromatic heterocycles. The Labute approximate surface area is 148 Å². The number of carbonyl (C=O) groups is 1. The van der Waals surface area contributed by atoms with Crippen molar-refractivity contribution in [3.63, 3.8) is 0 Å². The number of halogens is 1. The van der Waals surface area contributed by atoms with Gasteiger partial charge in [0.2, 0.25) is 5.91 Å². The summed E-state index contributed by atoms with van der Waals surface area (Å²) in [6, 6.07) is 3.38. The first-order valence-electron chi connectivity index (χ1n) is 6.71. The molecule has 0 aliphatic rings. The summed E-state index contributed by atoms with van der Waals surface area (Å²) in [6.07, 6.45) is 0. The molecule has 1 heterocycles. The Balaban J connectivity index is 2.28. The van der Waals surface area contributed by atoms with Crippen LogP contribution >= 0.6 is 11.6 Å². The fourth-order valence-corrected chi connectivity index (χ4v) is 2.22. The van der Waals surface area contributed by atoms with Crippen molar-refractivity contribution in [2.45, 2.75) is 13.5 Å². The maximum Gasteiger partial charge on any atom is 0.468 e. The van der Waals surface area contributed by atoms with Gasteiger partial charge in [0.25, 0.3) is 5.69 Å². The number of non-ortho nitro benzene ring substituents is 1. The molecule has 0 spiro atoms. The van der Waals surface area contributed by atoms with E-state index in [0.29, 0.717) is 0 Å². The van der Waals surface area contributed by atoms with Gasteiger partial charge in [0, 0.05) is 12.1 Å². The molecule has 13 nitrogen and oxygen atoms in total. The topological polar surface area (TPSA) is 176 Å². The predicted molar refractivity (Wildman–Crippen MR) is 87.0 cm³/mol. The second-order valence-corrected chi connectivity index (χ2v) is 5.31. The van der Waals surface area contributed by atoms with Crippen molar-refractivity contribution in [3.8, 4) is 0 Å². The fourth-order valence-electron chi connectivity index (χ4n) is 2.06. The molecule has 1 aromatic carbocycles. The van der Waals surface area contributed by atoms with Gasteiger partial charge in [0.05, 0.1) is 25.7 Å². The molecule has 26 heavy (non-hydrogen) atoms. The first-order chi connectivity index (χ1) is 12.1. The van der Waals surface area contributed by atoms with Crippen molar-refractivity contribution in [2.75, 3.05) is 5.32 Å². The third-order valence-electron chi connectivity index (χ3n) is 3.24. The molecule has 2 rings (SSSR count). The molecular formula is C12H9ClN6O7. The standard InChI is InChI=1S/C12H9ClN6O7/c1-6-11(18(23)24)12(19(25)26)15-16(6)5-10(20)14-9-4-7(17(21)22)2-3-8(9)13/h2-4H,5H2,1H3,(H,14,20). The number of hydrogen-bond donors (Lipinski definition) is 1. The molecule has 14 heteroatoms. The van der Waals surface area contributed by atoms with Crippen molar-refractivity contribution in [1.29, 1.82) is 0 Å². The highest BCUT2D eigenvalue weighted by Gasteiger charge is 2.35. The lowest BCUT2D eigenvalue weighted by Gasteiger charge is -2.06. The summed E-state index contributed by atoms with van der Waals surface area (Å²) in [5.74, 6) is -1.78. The van der Waals surface area contributed by atoms with Crippen molar-refractivity contribution >= 4 is 40.4 Å². The lowest BCUT2D eigenvalue weighted by Crippen LogP contribution is -2.20. The Morgan fingerprint density at radius 2 is 1.85 bits per heavy atom. The van der Waals surface area contributed by atoms with E-state index in [0.717, 1.165) is 16.8 Å².